The van der Waals surface area contributed by atoms with Gasteiger partial charge in [0.2, 0.25) is 0 Å². The average molecular weight is 355 g/mol. The van der Waals surface area contributed by atoms with Crippen LogP contribution in [0.5, 0.6) is 0 Å². The van der Waals surface area contributed by atoms with Gasteiger partial charge in [-0.25, -0.2) is 0 Å². The number of aryl methyl sites for hydroxylation is 2. The molecule has 0 spiro atoms. The van der Waals surface area contributed by atoms with Gasteiger partial charge in [-0.15, -0.1) is 23.2 Å². The lowest BCUT2D eigenvalue weighted by Gasteiger charge is -2.28. The molecule has 0 aliphatic heterocycles. The Morgan fingerprint density at radius 2 is 1.12 bits per heavy atom. The predicted octanol–water partition coefficient (Wildman–Crippen LogP) is 6.71. The topological polar surface area (TPSA) is 0 Å². The molecule has 24 heavy (non-hydrogen) atoms. The normalized spacial score (nSPS) is 26.7. The smallest absolute Gasteiger partial charge is 0.0885 e. The van der Waals surface area contributed by atoms with Crippen molar-refractivity contribution in [3.05, 3.63) is 81.9 Å². The molecule has 2 unspecified atom stereocenters. The van der Waals surface area contributed by atoms with E-state index < -0.39 is 9.75 Å². The van der Waals surface area contributed by atoms with Gasteiger partial charge >= 0.3 is 0 Å². The van der Waals surface area contributed by atoms with Crippen molar-refractivity contribution in [3.8, 4) is 0 Å². The molecular formula is C22H20Cl2. The van der Waals surface area contributed by atoms with Gasteiger partial charge < -0.3 is 0 Å². The second kappa shape index (κ2) is 5.51. The molecule has 122 valence electrons. The zero-order valence-corrected chi connectivity index (χ0v) is 15.5. The molecule has 2 heteroatoms. The third-order valence-electron chi connectivity index (χ3n) is 5.42. The summed E-state index contributed by atoms with van der Waals surface area (Å²) in [5.41, 5.74) is 7.47. The van der Waals surface area contributed by atoms with Crippen LogP contribution in [0.3, 0.4) is 0 Å². The Labute approximate surface area is 153 Å². The Kier molecular flexibility index (Phi) is 3.67. The lowest BCUT2D eigenvalue weighted by Crippen LogP contribution is -2.21. The fourth-order valence-electron chi connectivity index (χ4n) is 3.94. The molecule has 0 saturated heterocycles. The monoisotopic (exact) mass is 354 g/mol. The van der Waals surface area contributed by atoms with Gasteiger partial charge in [-0.2, -0.15) is 0 Å². The van der Waals surface area contributed by atoms with Crippen LogP contribution < -0.4 is 0 Å². The Balaban J connectivity index is 1.62. The van der Waals surface area contributed by atoms with E-state index >= 15 is 0 Å². The highest BCUT2D eigenvalue weighted by Crippen LogP contribution is 2.50. The van der Waals surface area contributed by atoms with Crippen molar-refractivity contribution in [1.29, 1.82) is 0 Å². The highest BCUT2D eigenvalue weighted by atomic mass is 35.5. The number of allylic oxidation sites excluding steroid dienone is 2. The van der Waals surface area contributed by atoms with Gasteiger partial charge in [0.15, 0.2) is 0 Å². The third-order valence-corrected chi connectivity index (χ3v) is 6.46. The first-order valence-corrected chi connectivity index (χ1v) is 9.15. The SMILES string of the molecule is Cc1cccc2c1C=CC2(Cl)CCC1(Cl)C=Cc2c(C)cccc21. The summed E-state index contributed by atoms with van der Waals surface area (Å²) in [6.45, 7) is 4.27. The number of benzene rings is 2. The molecule has 0 amide bonds. The first kappa shape index (κ1) is 16.0. The van der Waals surface area contributed by atoms with Crippen molar-refractivity contribution in [2.24, 2.45) is 0 Å². The van der Waals surface area contributed by atoms with Gasteiger partial charge in [0.25, 0.3) is 0 Å². The van der Waals surface area contributed by atoms with Crippen molar-refractivity contribution < 1.29 is 0 Å². The minimum atomic E-state index is -0.455. The highest BCUT2D eigenvalue weighted by Gasteiger charge is 2.39. The van der Waals surface area contributed by atoms with Gasteiger partial charge in [0.05, 0.1) is 9.75 Å². The molecule has 2 aliphatic rings. The molecule has 0 aromatic heterocycles. The molecule has 4 rings (SSSR count). The van der Waals surface area contributed by atoms with Gasteiger partial charge in [0, 0.05) is 0 Å². The predicted molar refractivity (Wildman–Crippen MR) is 105 cm³/mol. The van der Waals surface area contributed by atoms with Crippen LogP contribution >= 0.6 is 23.2 Å². The Hall–Kier alpha value is -1.50. The molecular weight excluding hydrogens is 335 g/mol. The molecule has 2 aromatic rings. The number of hydrogen-bond donors (Lipinski definition) is 0. The summed E-state index contributed by atoms with van der Waals surface area (Å²) in [5.74, 6) is 0. The Morgan fingerprint density at radius 1 is 0.708 bits per heavy atom. The average Bonchev–Trinajstić information content (AvgIpc) is 3.08. The fraction of sp³-hybridized carbons (Fsp3) is 0.273. The molecule has 2 aliphatic carbocycles. The summed E-state index contributed by atoms with van der Waals surface area (Å²) in [6.07, 6.45) is 10.2. The molecule has 0 heterocycles. The van der Waals surface area contributed by atoms with E-state index in [0.717, 1.165) is 12.8 Å². The summed E-state index contributed by atoms with van der Waals surface area (Å²) >= 11 is 14.0. The van der Waals surface area contributed by atoms with Gasteiger partial charge in [-0.1, -0.05) is 60.7 Å². The zero-order chi connectivity index (χ0) is 16.9. The van der Waals surface area contributed by atoms with E-state index in [2.05, 4.69) is 74.5 Å². The number of fused-ring (bicyclic) bond motifs is 2. The first-order chi connectivity index (χ1) is 11.4. The van der Waals surface area contributed by atoms with Crippen LogP contribution in [0.2, 0.25) is 0 Å². The summed E-state index contributed by atoms with van der Waals surface area (Å²) in [5, 5.41) is 0. The van der Waals surface area contributed by atoms with Crippen LogP contribution in [0, 0.1) is 13.8 Å². The van der Waals surface area contributed by atoms with E-state index in [4.69, 9.17) is 23.2 Å². The number of halogens is 2. The minimum Gasteiger partial charge on any atom is -0.109 e. The van der Waals surface area contributed by atoms with E-state index in [-0.39, 0.29) is 0 Å². The standard InChI is InChI=1S/C22H20Cl2/c1-15-5-3-7-19-17(15)9-11-21(19,23)13-14-22(24)12-10-18-16(2)6-4-8-20(18)22/h3-12H,13-14H2,1-2H3. The Morgan fingerprint density at radius 3 is 1.54 bits per heavy atom. The first-order valence-electron chi connectivity index (χ1n) is 8.39. The third kappa shape index (κ3) is 2.36. The van der Waals surface area contributed by atoms with E-state index in [0.29, 0.717) is 0 Å². The summed E-state index contributed by atoms with van der Waals surface area (Å²) < 4.78 is 0. The van der Waals surface area contributed by atoms with Crippen molar-refractivity contribution in [2.75, 3.05) is 0 Å². The molecule has 0 saturated carbocycles. The van der Waals surface area contributed by atoms with Gasteiger partial charge in [-0.05, 0) is 60.1 Å². The number of rotatable bonds is 3. The maximum atomic E-state index is 7.00. The lowest BCUT2D eigenvalue weighted by molar-refractivity contribution is 0.566. The second-order valence-corrected chi connectivity index (χ2v) is 8.31. The molecule has 0 bridgehead atoms. The molecule has 0 radical (unpaired) electrons. The Bertz CT molecular complexity index is 804. The van der Waals surface area contributed by atoms with Crippen molar-refractivity contribution in [1.82, 2.24) is 0 Å². The van der Waals surface area contributed by atoms with Crippen LogP contribution in [0.4, 0.5) is 0 Å². The summed E-state index contributed by atoms with van der Waals surface area (Å²) in [6, 6.07) is 12.7. The van der Waals surface area contributed by atoms with Crippen LogP contribution in [0.25, 0.3) is 12.2 Å². The van der Waals surface area contributed by atoms with Crippen LogP contribution in [-0.2, 0) is 9.75 Å². The van der Waals surface area contributed by atoms with Gasteiger partial charge in [0.1, 0.15) is 0 Å². The van der Waals surface area contributed by atoms with E-state index in [1.807, 2.05) is 0 Å². The van der Waals surface area contributed by atoms with E-state index in [9.17, 15) is 0 Å². The maximum absolute atomic E-state index is 7.00. The fourth-order valence-corrected chi connectivity index (χ4v) is 4.58. The molecule has 2 aromatic carbocycles. The number of alkyl halides is 2. The molecule has 0 fully saturated rings. The maximum Gasteiger partial charge on any atom is 0.0885 e. The van der Waals surface area contributed by atoms with E-state index in [1.165, 1.54) is 33.4 Å². The van der Waals surface area contributed by atoms with Crippen molar-refractivity contribution >= 4 is 35.4 Å². The minimum absolute atomic E-state index is 0.455. The lowest BCUT2D eigenvalue weighted by atomic mass is 9.87. The molecule has 0 N–H and O–H groups in total. The largest absolute Gasteiger partial charge is 0.109 e. The van der Waals surface area contributed by atoms with E-state index in [1.54, 1.807) is 0 Å². The van der Waals surface area contributed by atoms with Gasteiger partial charge in [-0.3, -0.25) is 0 Å². The number of hydrogen-bond acceptors (Lipinski definition) is 0. The van der Waals surface area contributed by atoms with Crippen LogP contribution in [0.1, 0.15) is 46.2 Å². The second-order valence-electron chi connectivity index (χ2n) is 6.96. The zero-order valence-electron chi connectivity index (χ0n) is 13.9. The van der Waals surface area contributed by atoms with Crippen molar-refractivity contribution in [2.45, 2.75) is 36.4 Å². The van der Waals surface area contributed by atoms with Crippen molar-refractivity contribution in [3.63, 3.8) is 0 Å². The summed E-state index contributed by atoms with van der Waals surface area (Å²) in [7, 11) is 0. The van der Waals surface area contributed by atoms with Crippen LogP contribution in [0.15, 0.2) is 48.6 Å². The van der Waals surface area contributed by atoms with Crippen LogP contribution in [-0.4, -0.2) is 0 Å². The molecule has 0 nitrogen and oxygen atoms in total. The summed E-state index contributed by atoms with van der Waals surface area (Å²) in [4.78, 5) is -0.909. The highest BCUT2D eigenvalue weighted by molar-refractivity contribution is 6.28. The molecule has 2 atom stereocenters. The quantitative estimate of drug-likeness (QED) is 0.537.